The van der Waals surface area contributed by atoms with E-state index in [4.69, 9.17) is 14.5 Å². The van der Waals surface area contributed by atoms with Gasteiger partial charge in [-0.2, -0.15) is 5.26 Å². The number of sulfonamides is 1. The number of nitrogens with zero attached hydrogens (tertiary/aromatic N) is 4. The van der Waals surface area contributed by atoms with Crippen LogP contribution >= 0.6 is 0 Å². The summed E-state index contributed by atoms with van der Waals surface area (Å²) in [6.07, 6.45) is 3.45. The van der Waals surface area contributed by atoms with Crippen LogP contribution in [0.1, 0.15) is 23.6 Å². The van der Waals surface area contributed by atoms with Crippen LogP contribution in [0.15, 0.2) is 53.7 Å². The van der Waals surface area contributed by atoms with E-state index in [-0.39, 0.29) is 0 Å². The molecular weight excluding hydrogens is 478 g/mol. The van der Waals surface area contributed by atoms with E-state index in [1.807, 2.05) is 31.2 Å². The van der Waals surface area contributed by atoms with Crippen LogP contribution < -0.4 is 14.2 Å². The Kier molecular flexibility index (Phi) is 7.12. The highest BCUT2D eigenvalue weighted by Crippen LogP contribution is 2.44. The largest absolute Gasteiger partial charge is 0.493 e. The van der Waals surface area contributed by atoms with Crippen molar-refractivity contribution in [2.75, 3.05) is 31.7 Å². The van der Waals surface area contributed by atoms with E-state index in [2.05, 4.69) is 20.7 Å². The summed E-state index contributed by atoms with van der Waals surface area (Å²) in [6.45, 7) is 3.10. The van der Waals surface area contributed by atoms with Gasteiger partial charge in [0.15, 0.2) is 11.5 Å². The third-order valence-electron chi connectivity index (χ3n) is 5.98. The van der Waals surface area contributed by atoms with Gasteiger partial charge >= 0.3 is 0 Å². The lowest BCUT2D eigenvalue weighted by Gasteiger charge is -2.31. The topological polar surface area (TPSA) is 117 Å². The predicted molar refractivity (Wildman–Crippen MR) is 139 cm³/mol. The summed E-state index contributed by atoms with van der Waals surface area (Å²) in [4.78, 5) is 11.3. The predicted octanol–water partition coefficient (Wildman–Crippen LogP) is 4.12. The molecule has 36 heavy (non-hydrogen) atoms. The quantitative estimate of drug-likeness (QED) is 0.396. The lowest BCUT2D eigenvalue weighted by atomic mass is 9.98. The number of aliphatic imine (C=N–C) groups is 1. The Labute approximate surface area is 211 Å². The van der Waals surface area contributed by atoms with Gasteiger partial charge in [-0.1, -0.05) is 18.2 Å². The molecule has 0 saturated carbocycles. The minimum atomic E-state index is -3.37. The number of nitriles is 1. The molecule has 0 amide bonds. The van der Waals surface area contributed by atoms with Crippen molar-refractivity contribution in [2.45, 2.75) is 19.9 Å². The molecule has 4 rings (SSSR count). The van der Waals surface area contributed by atoms with E-state index >= 15 is 0 Å². The van der Waals surface area contributed by atoms with Crippen LogP contribution in [0, 0.1) is 11.3 Å². The number of anilines is 1. The van der Waals surface area contributed by atoms with E-state index in [1.54, 1.807) is 24.4 Å². The number of fused-ring (bicyclic) bond motifs is 1. The van der Waals surface area contributed by atoms with E-state index in [0.29, 0.717) is 59.2 Å². The van der Waals surface area contributed by atoms with Crippen LogP contribution in [0.5, 0.6) is 11.5 Å². The lowest BCUT2D eigenvalue weighted by Crippen LogP contribution is -2.34. The number of aromatic nitrogens is 1. The zero-order valence-electron chi connectivity index (χ0n) is 20.6. The number of hydrogen-bond acceptors (Lipinski definition) is 7. The fraction of sp³-hybridized carbons (Fsp3) is 0.269. The van der Waals surface area contributed by atoms with Gasteiger partial charge in [-0.3, -0.25) is 9.71 Å². The summed E-state index contributed by atoms with van der Waals surface area (Å²) >= 11 is 0. The van der Waals surface area contributed by atoms with Crippen molar-refractivity contribution in [1.82, 2.24) is 9.88 Å². The second-order valence-corrected chi connectivity index (χ2v) is 10.1. The Bertz CT molecular complexity index is 1460. The smallest absolute Gasteiger partial charge is 0.229 e. The number of hydrogen-bond donors (Lipinski definition) is 1. The summed E-state index contributed by atoms with van der Waals surface area (Å²) < 4.78 is 37.3. The molecule has 2 aromatic carbocycles. The number of benzene rings is 2. The third kappa shape index (κ3) is 5.11. The van der Waals surface area contributed by atoms with E-state index < -0.39 is 10.0 Å². The van der Waals surface area contributed by atoms with E-state index in [1.165, 1.54) is 14.2 Å². The van der Waals surface area contributed by atoms with Gasteiger partial charge in [-0.05, 0) is 42.7 Å². The Morgan fingerprint density at radius 3 is 2.64 bits per heavy atom. The molecule has 1 N–H and O–H groups in total. The molecule has 0 unspecified atom stereocenters. The fourth-order valence-corrected chi connectivity index (χ4v) is 4.95. The van der Waals surface area contributed by atoms with Crippen molar-refractivity contribution >= 4 is 27.2 Å². The Balaban J connectivity index is 1.74. The number of rotatable bonds is 6. The van der Waals surface area contributed by atoms with Crippen molar-refractivity contribution in [3.8, 4) is 28.8 Å². The minimum Gasteiger partial charge on any atom is -0.493 e. The van der Waals surface area contributed by atoms with Crippen LogP contribution in [-0.4, -0.2) is 51.2 Å². The summed E-state index contributed by atoms with van der Waals surface area (Å²) in [7, 11) is -0.310. The van der Waals surface area contributed by atoms with E-state index in [0.717, 1.165) is 23.2 Å². The Morgan fingerprint density at radius 2 is 2.00 bits per heavy atom. The maximum absolute atomic E-state index is 11.8. The summed E-state index contributed by atoms with van der Waals surface area (Å²) in [5.74, 6) is 1.59. The molecule has 9 nitrogen and oxygen atoms in total. The number of pyridine rings is 1. The Hall–Kier alpha value is -4.10. The van der Waals surface area contributed by atoms with Crippen molar-refractivity contribution in [3.63, 3.8) is 0 Å². The molecule has 1 aliphatic heterocycles. The van der Waals surface area contributed by atoms with Gasteiger partial charge in [-0.25, -0.2) is 13.4 Å². The molecule has 2 heterocycles. The number of amidine groups is 1. The first-order valence-electron chi connectivity index (χ1n) is 11.2. The number of ether oxygens (including phenoxy) is 2. The molecule has 1 aromatic heterocycles. The van der Waals surface area contributed by atoms with Gasteiger partial charge in [0, 0.05) is 25.4 Å². The van der Waals surface area contributed by atoms with Crippen LogP contribution in [0.3, 0.4) is 0 Å². The molecule has 10 heteroatoms. The molecule has 0 atom stereocenters. The van der Waals surface area contributed by atoms with Gasteiger partial charge < -0.3 is 14.4 Å². The van der Waals surface area contributed by atoms with Crippen molar-refractivity contribution in [3.05, 3.63) is 65.4 Å². The van der Waals surface area contributed by atoms with Gasteiger partial charge in [0.2, 0.25) is 10.0 Å². The maximum Gasteiger partial charge on any atom is 0.229 e. The van der Waals surface area contributed by atoms with Crippen LogP contribution in [0.4, 0.5) is 11.4 Å². The van der Waals surface area contributed by atoms with Gasteiger partial charge in [0.25, 0.3) is 0 Å². The van der Waals surface area contributed by atoms with Gasteiger partial charge in [-0.15, -0.1) is 0 Å². The second kappa shape index (κ2) is 10.3. The molecule has 1 aliphatic rings. The van der Waals surface area contributed by atoms with Crippen LogP contribution in [0.25, 0.3) is 11.3 Å². The Morgan fingerprint density at radius 1 is 1.19 bits per heavy atom. The molecule has 0 saturated heterocycles. The zero-order chi connectivity index (χ0) is 25.9. The highest BCUT2D eigenvalue weighted by molar-refractivity contribution is 7.92. The summed E-state index contributed by atoms with van der Waals surface area (Å²) in [5.41, 5.74) is 4.49. The third-order valence-corrected chi connectivity index (χ3v) is 6.57. The zero-order valence-corrected chi connectivity index (χ0v) is 21.4. The number of nitrogens with one attached hydrogen (secondary N) is 1. The molecule has 0 bridgehead atoms. The molecule has 0 fully saturated rings. The van der Waals surface area contributed by atoms with E-state index in [9.17, 15) is 13.7 Å². The SMILES string of the molecule is COc1cc(N=C(C)N2CCc3c(cccc3NS(C)(=O)=O)C2)c(C#N)c(-c2ccccn2)c1OC. The molecule has 0 aliphatic carbocycles. The molecule has 3 aromatic rings. The minimum absolute atomic E-state index is 0.336. The monoisotopic (exact) mass is 505 g/mol. The first-order valence-corrected chi connectivity index (χ1v) is 13.1. The maximum atomic E-state index is 11.8. The highest BCUT2D eigenvalue weighted by Gasteiger charge is 2.24. The number of methoxy groups -OCH3 is 2. The lowest BCUT2D eigenvalue weighted by molar-refractivity contribution is 0.356. The van der Waals surface area contributed by atoms with Crippen LogP contribution in [0.2, 0.25) is 0 Å². The standard InChI is InChI=1S/C26H27N5O4S/c1-17(31-13-11-19-18(16-31)8-7-10-21(19)30-36(4,32)33)29-23-14-24(34-2)26(35-3)25(20(23)15-27)22-9-5-6-12-28-22/h5-10,12,14,30H,11,13,16H2,1-4H3. The van der Waals surface area contributed by atoms with Gasteiger partial charge in [0.05, 0.1) is 48.7 Å². The molecular formula is C26H27N5O4S. The summed E-state index contributed by atoms with van der Waals surface area (Å²) in [6, 6.07) is 15.0. The van der Waals surface area contributed by atoms with Crippen molar-refractivity contribution < 1.29 is 17.9 Å². The molecule has 186 valence electrons. The normalized spacial score (nSPS) is 13.5. The molecule has 0 spiro atoms. The average molecular weight is 506 g/mol. The van der Waals surface area contributed by atoms with Gasteiger partial charge in [0.1, 0.15) is 11.9 Å². The van der Waals surface area contributed by atoms with Crippen molar-refractivity contribution in [1.29, 1.82) is 5.26 Å². The van der Waals surface area contributed by atoms with Crippen LogP contribution in [-0.2, 0) is 23.0 Å². The highest BCUT2D eigenvalue weighted by atomic mass is 32.2. The molecule has 0 radical (unpaired) electrons. The first kappa shape index (κ1) is 25.0. The second-order valence-electron chi connectivity index (χ2n) is 8.36. The summed E-state index contributed by atoms with van der Waals surface area (Å²) in [5, 5.41) is 10.1. The fourth-order valence-electron chi connectivity index (χ4n) is 4.36. The first-order chi connectivity index (χ1) is 17.3. The van der Waals surface area contributed by atoms with Crippen molar-refractivity contribution in [2.24, 2.45) is 4.99 Å². The average Bonchev–Trinajstić information content (AvgIpc) is 2.87.